The molecule has 2 rings (SSSR count). The van der Waals surface area contributed by atoms with Gasteiger partial charge in [-0.2, -0.15) is 0 Å². The molecule has 4 heteroatoms. The van der Waals surface area contributed by atoms with Gasteiger partial charge >= 0.3 is 0 Å². The summed E-state index contributed by atoms with van der Waals surface area (Å²) in [7, 11) is 0. The Bertz CT molecular complexity index is 233. The van der Waals surface area contributed by atoms with Crippen LogP contribution in [0.1, 0.15) is 32.6 Å². The SMILES string of the molecule is CCCC1(O)CN(CC2(O)CCNCC2)C1. The fraction of sp³-hybridized carbons (Fsp3) is 1.00. The van der Waals surface area contributed by atoms with E-state index in [1.807, 2.05) is 0 Å². The molecule has 4 nitrogen and oxygen atoms in total. The quantitative estimate of drug-likeness (QED) is 0.631. The number of β-amino-alcohol motifs (C(OH)–C–C–N with tert-alkyl or cyclic N) is 2. The normalized spacial score (nSPS) is 28.7. The molecule has 0 aromatic rings. The van der Waals surface area contributed by atoms with E-state index in [0.29, 0.717) is 0 Å². The monoisotopic (exact) mass is 228 g/mol. The molecule has 0 bridgehead atoms. The lowest BCUT2D eigenvalue weighted by atomic mass is 9.85. The lowest BCUT2D eigenvalue weighted by Crippen LogP contribution is -2.65. The fourth-order valence-corrected chi connectivity index (χ4v) is 2.99. The van der Waals surface area contributed by atoms with E-state index in [-0.39, 0.29) is 0 Å². The van der Waals surface area contributed by atoms with E-state index in [4.69, 9.17) is 0 Å². The molecule has 0 aromatic heterocycles. The van der Waals surface area contributed by atoms with E-state index >= 15 is 0 Å². The van der Waals surface area contributed by atoms with E-state index < -0.39 is 11.2 Å². The van der Waals surface area contributed by atoms with Gasteiger partial charge in [-0.05, 0) is 32.4 Å². The van der Waals surface area contributed by atoms with Crippen molar-refractivity contribution in [3.63, 3.8) is 0 Å². The highest BCUT2D eigenvalue weighted by Gasteiger charge is 2.43. The first-order chi connectivity index (χ1) is 7.55. The fourth-order valence-electron chi connectivity index (χ4n) is 2.99. The number of piperidine rings is 1. The summed E-state index contributed by atoms with van der Waals surface area (Å²) in [5.41, 5.74) is -1.00. The molecule has 0 atom stereocenters. The Hall–Kier alpha value is -0.160. The number of rotatable bonds is 4. The van der Waals surface area contributed by atoms with Crippen LogP contribution in [0.25, 0.3) is 0 Å². The van der Waals surface area contributed by atoms with Crippen LogP contribution in [0.4, 0.5) is 0 Å². The molecule has 2 heterocycles. The highest BCUT2D eigenvalue weighted by molar-refractivity contribution is 4.99. The second-order valence-corrected chi connectivity index (χ2v) is 5.59. The summed E-state index contributed by atoms with van der Waals surface area (Å²) in [5.74, 6) is 0. The highest BCUT2D eigenvalue weighted by Crippen LogP contribution is 2.29. The number of hydrogen-bond donors (Lipinski definition) is 3. The van der Waals surface area contributed by atoms with Gasteiger partial charge in [0.15, 0.2) is 0 Å². The van der Waals surface area contributed by atoms with Crippen molar-refractivity contribution >= 4 is 0 Å². The molecule has 2 fully saturated rings. The van der Waals surface area contributed by atoms with Gasteiger partial charge in [0.1, 0.15) is 0 Å². The summed E-state index contributed by atoms with van der Waals surface area (Å²) in [6.07, 6.45) is 3.56. The third-order valence-electron chi connectivity index (χ3n) is 3.80. The second kappa shape index (κ2) is 4.61. The van der Waals surface area contributed by atoms with E-state index in [0.717, 1.165) is 58.4 Å². The lowest BCUT2D eigenvalue weighted by molar-refractivity contribution is -0.133. The summed E-state index contributed by atoms with van der Waals surface area (Å²) >= 11 is 0. The molecular weight excluding hydrogens is 204 g/mol. The number of hydrogen-bond acceptors (Lipinski definition) is 4. The Morgan fingerprint density at radius 3 is 2.31 bits per heavy atom. The molecule has 94 valence electrons. The maximum Gasteiger partial charge on any atom is 0.0900 e. The van der Waals surface area contributed by atoms with Crippen LogP contribution in [0.15, 0.2) is 0 Å². The molecule has 0 amide bonds. The van der Waals surface area contributed by atoms with Gasteiger partial charge in [-0.3, -0.25) is 4.90 Å². The molecule has 0 unspecified atom stereocenters. The summed E-state index contributed by atoms with van der Waals surface area (Å²) in [4.78, 5) is 2.18. The number of nitrogens with one attached hydrogen (secondary N) is 1. The van der Waals surface area contributed by atoms with Crippen molar-refractivity contribution in [1.82, 2.24) is 10.2 Å². The predicted molar refractivity (Wildman–Crippen MR) is 63.4 cm³/mol. The van der Waals surface area contributed by atoms with Gasteiger partial charge in [-0.15, -0.1) is 0 Å². The van der Waals surface area contributed by atoms with Crippen molar-refractivity contribution in [1.29, 1.82) is 0 Å². The van der Waals surface area contributed by atoms with Crippen LogP contribution in [0.3, 0.4) is 0 Å². The van der Waals surface area contributed by atoms with Crippen molar-refractivity contribution in [2.75, 3.05) is 32.7 Å². The molecule has 3 N–H and O–H groups in total. The molecule has 2 aliphatic heterocycles. The third kappa shape index (κ3) is 2.74. The number of nitrogens with zero attached hydrogens (tertiary/aromatic N) is 1. The zero-order chi connectivity index (χ0) is 11.6. The van der Waals surface area contributed by atoms with Crippen molar-refractivity contribution < 1.29 is 10.2 Å². The average molecular weight is 228 g/mol. The molecule has 0 aromatic carbocycles. The van der Waals surface area contributed by atoms with Crippen molar-refractivity contribution in [2.45, 2.75) is 43.8 Å². The molecule has 2 saturated heterocycles. The van der Waals surface area contributed by atoms with Crippen LogP contribution >= 0.6 is 0 Å². The minimum Gasteiger partial charge on any atom is -0.388 e. The topological polar surface area (TPSA) is 55.7 Å². The molecule has 0 saturated carbocycles. The van der Waals surface area contributed by atoms with E-state index in [1.165, 1.54) is 0 Å². The zero-order valence-corrected chi connectivity index (χ0v) is 10.2. The van der Waals surface area contributed by atoms with E-state index in [1.54, 1.807) is 0 Å². The summed E-state index contributed by atoms with van der Waals surface area (Å²) in [5, 5.41) is 23.7. The van der Waals surface area contributed by atoms with E-state index in [9.17, 15) is 10.2 Å². The Balaban J connectivity index is 1.76. The van der Waals surface area contributed by atoms with Crippen LogP contribution in [0.5, 0.6) is 0 Å². The van der Waals surface area contributed by atoms with Crippen LogP contribution in [0.2, 0.25) is 0 Å². The Labute approximate surface area is 97.6 Å². The summed E-state index contributed by atoms with van der Waals surface area (Å²) < 4.78 is 0. The minimum absolute atomic E-state index is 0.474. The molecule has 0 radical (unpaired) electrons. The highest BCUT2D eigenvalue weighted by atomic mass is 16.3. The minimum atomic E-state index is -0.529. The third-order valence-corrected chi connectivity index (χ3v) is 3.80. The van der Waals surface area contributed by atoms with Crippen LogP contribution in [0, 0.1) is 0 Å². The molecule has 2 aliphatic rings. The Morgan fingerprint density at radius 1 is 1.12 bits per heavy atom. The first-order valence-corrected chi connectivity index (χ1v) is 6.43. The van der Waals surface area contributed by atoms with Gasteiger partial charge < -0.3 is 15.5 Å². The van der Waals surface area contributed by atoms with Crippen molar-refractivity contribution in [3.8, 4) is 0 Å². The smallest absolute Gasteiger partial charge is 0.0900 e. The van der Waals surface area contributed by atoms with Crippen LogP contribution in [-0.2, 0) is 0 Å². The number of likely N-dealkylation sites (tertiary alicyclic amines) is 1. The first-order valence-electron chi connectivity index (χ1n) is 6.43. The maximum absolute atomic E-state index is 10.3. The van der Waals surface area contributed by atoms with Gasteiger partial charge in [-0.25, -0.2) is 0 Å². The van der Waals surface area contributed by atoms with Gasteiger partial charge in [0.2, 0.25) is 0 Å². The zero-order valence-electron chi connectivity index (χ0n) is 10.2. The average Bonchev–Trinajstić information content (AvgIpc) is 2.16. The molecule has 0 aliphatic carbocycles. The molecule has 16 heavy (non-hydrogen) atoms. The molecular formula is C12H24N2O2. The lowest BCUT2D eigenvalue weighted by Gasteiger charge is -2.50. The molecule has 0 spiro atoms. The first kappa shape index (κ1) is 12.3. The van der Waals surface area contributed by atoms with Crippen LogP contribution < -0.4 is 5.32 Å². The van der Waals surface area contributed by atoms with Crippen molar-refractivity contribution in [3.05, 3.63) is 0 Å². The van der Waals surface area contributed by atoms with E-state index in [2.05, 4.69) is 17.1 Å². The van der Waals surface area contributed by atoms with Crippen molar-refractivity contribution in [2.24, 2.45) is 0 Å². The summed E-state index contributed by atoms with van der Waals surface area (Å²) in [6.45, 7) is 6.10. The predicted octanol–water partition coefficient (Wildman–Crippen LogP) is -0.0523. The maximum atomic E-state index is 10.3. The van der Waals surface area contributed by atoms with Gasteiger partial charge in [0.05, 0.1) is 11.2 Å². The van der Waals surface area contributed by atoms with Gasteiger partial charge in [-0.1, -0.05) is 13.3 Å². The Kier molecular flexibility index (Phi) is 3.54. The standard InChI is InChI=1S/C12H24N2O2/c1-2-3-12(16)9-14(10-12)8-11(15)4-6-13-7-5-11/h13,15-16H,2-10H2,1H3. The largest absolute Gasteiger partial charge is 0.388 e. The number of aliphatic hydroxyl groups is 2. The van der Waals surface area contributed by atoms with Gasteiger partial charge in [0.25, 0.3) is 0 Å². The summed E-state index contributed by atoms with van der Waals surface area (Å²) in [6, 6.07) is 0. The van der Waals surface area contributed by atoms with Gasteiger partial charge in [0, 0.05) is 19.6 Å². The second-order valence-electron chi connectivity index (χ2n) is 5.59. The Morgan fingerprint density at radius 2 is 1.75 bits per heavy atom. The van der Waals surface area contributed by atoms with Crippen LogP contribution in [-0.4, -0.2) is 59.0 Å².